The number of hydrogen-bond donors (Lipinski definition) is 1. The number of fused-ring (bicyclic) bond motifs is 1. The number of hydrogen-bond acceptors (Lipinski definition) is 5. The van der Waals surface area contributed by atoms with Gasteiger partial charge in [0.15, 0.2) is 5.65 Å². The SMILES string of the molecule is COCCN(C)C(=O)c1ccc2nnc(C3CCN(C(=O)NC(C)C)C3)n2c1. The van der Waals surface area contributed by atoms with Gasteiger partial charge in [-0.05, 0) is 32.4 Å². The summed E-state index contributed by atoms with van der Waals surface area (Å²) in [5.41, 5.74) is 1.26. The molecule has 3 rings (SSSR count). The molecule has 1 fully saturated rings. The highest BCUT2D eigenvalue weighted by Gasteiger charge is 2.30. The molecule has 1 N–H and O–H groups in total. The van der Waals surface area contributed by atoms with Crippen molar-refractivity contribution in [1.82, 2.24) is 29.7 Å². The zero-order valence-corrected chi connectivity index (χ0v) is 16.9. The second-order valence-corrected chi connectivity index (χ2v) is 7.46. The van der Waals surface area contributed by atoms with Gasteiger partial charge in [-0.3, -0.25) is 9.20 Å². The molecule has 0 spiro atoms. The number of likely N-dealkylation sites (tertiary alicyclic amines) is 1. The molecule has 2 aromatic rings. The van der Waals surface area contributed by atoms with Crippen LogP contribution in [0.2, 0.25) is 0 Å². The Morgan fingerprint density at radius 3 is 2.86 bits per heavy atom. The Morgan fingerprint density at radius 2 is 2.14 bits per heavy atom. The number of amides is 3. The van der Waals surface area contributed by atoms with Gasteiger partial charge in [-0.15, -0.1) is 10.2 Å². The van der Waals surface area contributed by atoms with Crippen LogP contribution in [0.4, 0.5) is 4.79 Å². The molecule has 0 aliphatic carbocycles. The highest BCUT2D eigenvalue weighted by Crippen LogP contribution is 2.26. The van der Waals surface area contributed by atoms with E-state index in [0.29, 0.717) is 37.5 Å². The molecular formula is C19H28N6O3. The summed E-state index contributed by atoms with van der Waals surface area (Å²) in [7, 11) is 3.36. The zero-order chi connectivity index (χ0) is 20.3. The first-order valence-electron chi connectivity index (χ1n) is 9.55. The van der Waals surface area contributed by atoms with Crippen molar-refractivity contribution in [2.75, 3.05) is 40.4 Å². The third-order valence-corrected chi connectivity index (χ3v) is 4.91. The second-order valence-electron chi connectivity index (χ2n) is 7.46. The molecule has 3 heterocycles. The van der Waals surface area contributed by atoms with Crippen molar-refractivity contribution in [3.8, 4) is 0 Å². The van der Waals surface area contributed by atoms with Gasteiger partial charge in [0.2, 0.25) is 0 Å². The minimum atomic E-state index is -0.0806. The largest absolute Gasteiger partial charge is 0.383 e. The second kappa shape index (κ2) is 8.55. The van der Waals surface area contributed by atoms with E-state index in [-0.39, 0.29) is 23.9 Å². The van der Waals surface area contributed by atoms with E-state index in [2.05, 4.69) is 15.5 Å². The van der Waals surface area contributed by atoms with Gasteiger partial charge in [-0.2, -0.15) is 0 Å². The van der Waals surface area contributed by atoms with Crippen molar-refractivity contribution in [3.63, 3.8) is 0 Å². The van der Waals surface area contributed by atoms with Crippen LogP contribution < -0.4 is 5.32 Å². The van der Waals surface area contributed by atoms with Crippen LogP contribution in [-0.2, 0) is 4.74 Å². The van der Waals surface area contributed by atoms with Crippen LogP contribution in [0.3, 0.4) is 0 Å². The molecule has 0 radical (unpaired) electrons. The lowest BCUT2D eigenvalue weighted by Gasteiger charge is -2.19. The molecule has 1 aliphatic rings. The molecule has 1 unspecified atom stereocenters. The Labute approximate surface area is 164 Å². The number of methoxy groups -OCH3 is 1. The van der Waals surface area contributed by atoms with E-state index in [4.69, 9.17) is 4.74 Å². The monoisotopic (exact) mass is 388 g/mol. The first-order chi connectivity index (χ1) is 13.4. The quantitative estimate of drug-likeness (QED) is 0.807. The summed E-state index contributed by atoms with van der Waals surface area (Å²) >= 11 is 0. The first kappa shape index (κ1) is 20.1. The summed E-state index contributed by atoms with van der Waals surface area (Å²) in [5.74, 6) is 0.788. The Kier molecular flexibility index (Phi) is 6.13. The van der Waals surface area contributed by atoms with Gasteiger partial charge >= 0.3 is 6.03 Å². The van der Waals surface area contributed by atoms with E-state index >= 15 is 0 Å². The van der Waals surface area contributed by atoms with Crippen molar-refractivity contribution >= 4 is 17.6 Å². The Balaban J connectivity index is 1.78. The summed E-state index contributed by atoms with van der Waals surface area (Å²) in [6.07, 6.45) is 2.60. The van der Waals surface area contributed by atoms with Crippen LogP contribution in [0.5, 0.6) is 0 Å². The molecular weight excluding hydrogens is 360 g/mol. The van der Waals surface area contributed by atoms with E-state index in [0.717, 1.165) is 12.2 Å². The summed E-state index contributed by atoms with van der Waals surface area (Å²) < 4.78 is 6.91. The smallest absolute Gasteiger partial charge is 0.317 e. The lowest BCUT2D eigenvalue weighted by Crippen LogP contribution is -2.41. The molecule has 1 saturated heterocycles. The van der Waals surface area contributed by atoms with E-state index in [1.165, 1.54) is 0 Å². The average molecular weight is 388 g/mol. The molecule has 3 amide bonds. The summed E-state index contributed by atoms with van der Waals surface area (Å²) in [4.78, 5) is 28.3. The predicted molar refractivity (Wildman–Crippen MR) is 104 cm³/mol. The number of aromatic nitrogens is 3. The predicted octanol–water partition coefficient (Wildman–Crippen LogP) is 1.35. The molecule has 28 heavy (non-hydrogen) atoms. The van der Waals surface area contributed by atoms with Crippen LogP contribution in [0, 0.1) is 0 Å². The standard InChI is InChI=1S/C19H28N6O3/c1-13(2)20-19(27)24-8-7-14(11-24)17-22-21-16-6-5-15(12-25(16)17)18(26)23(3)9-10-28-4/h5-6,12-14H,7-11H2,1-4H3,(H,20,27). The number of carbonyl (C=O) groups excluding carboxylic acids is 2. The van der Waals surface area contributed by atoms with Crippen molar-refractivity contribution in [3.05, 3.63) is 29.7 Å². The summed E-state index contributed by atoms with van der Waals surface area (Å²) in [5, 5.41) is 11.5. The lowest BCUT2D eigenvalue weighted by atomic mass is 10.1. The molecule has 9 nitrogen and oxygen atoms in total. The maximum Gasteiger partial charge on any atom is 0.317 e. The fraction of sp³-hybridized carbons (Fsp3) is 0.579. The minimum Gasteiger partial charge on any atom is -0.383 e. The third kappa shape index (κ3) is 4.24. The van der Waals surface area contributed by atoms with Crippen molar-refractivity contribution in [2.45, 2.75) is 32.2 Å². The highest BCUT2D eigenvalue weighted by molar-refractivity contribution is 5.94. The van der Waals surface area contributed by atoms with Crippen LogP contribution in [0.1, 0.15) is 42.4 Å². The fourth-order valence-corrected chi connectivity index (χ4v) is 3.36. The molecule has 1 atom stereocenters. The van der Waals surface area contributed by atoms with Crippen LogP contribution in [0.15, 0.2) is 18.3 Å². The molecule has 2 aromatic heterocycles. The number of urea groups is 1. The van der Waals surface area contributed by atoms with Crippen molar-refractivity contribution < 1.29 is 14.3 Å². The normalized spacial score (nSPS) is 16.8. The van der Waals surface area contributed by atoms with Gasteiger partial charge in [0.25, 0.3) is 5.91 Å². The molecule has 9 heteroatoms. The fourth-order valence-electron chi connectivity index (χ4n) is 3.36. The average Bonchev–Trinajstić information content (AvgIpc) is 3.31. The maximum absolute atomic E-state index is 12.6. The maximum atomic E-state index is 12.6. The number of likely N-dealkylation sites (N-methyl/N-ethyl adjacent to an activating group) is 1. The third-order valence-electron chi connectivity index (χ3n) is 4.91. The number of ether oxygens (including phenoxy) is 1. The number of carbonyl (C=O) groups is 2. The van der Waals surface area contributed by atoms with Crippen LogP contribution >= 0.6 is 0 Å². The van der Waals surface area contributed by atoms with Crippen LogP contribution in [0.25, 0.3) is 5.65 Å². The summed E-state index contributed by atoms with van der Waals surface area (Å²) in [6, 6.07) is 3.61. The topological polar surface area (TPSA) is 92.1 Å². The number of nitrogens with one attached hydrogen (secondary N) is 1. The zero-order valence-electron chi connectivity index (χ0n) is 16.9. The molecule has 0 aromatic carbocycles. The number of pyridine rings is 1. The van der Waals surface area contributed by atoms with Gasteiger partial charge in [0.1, 0.15) is 5.82 Å². The van der Waals surface area contributed by atoms with Crippen molar-refractivity contribution in [2.24, 2.45) is 0 Å². The van der Waals surface area contributed by atoms with E-state index < -0.39 is 0 Å². The Hall–Kier alpha value is -2.68. The lowest BCUT2D eigenvalue weighted by molar-refractivity contribution is 0.0743. The van der Waals surface area contributed by atoms with Gasteiger partial charge in [-0.25, -0.2) is 4.79 Å². The Morgan fingerprint density at radius 1 is 1.36 bits per heavy atom. The molecule has 1 aliphatic heterocycles. The van der Waals surface area contributed by atoms with Gasteiger partial charge in [-0.1, -0.05) is 0 Å². The Bertz CT molecular complexity index is 849. The van der Waals surface area contributed by atoms with Gasteiger partial charge in [0.05, 0.1) is 12.2 Å². The van der Waals surface area contributed by atoms with Crippen molar-refractivity contribution in [1.29, 1.82) is 0 Å². The highest BCUT2D eigenvalue weighted by atomic mass is 16.5. The molecule has 152 valence electrons. The van der Waals surface area contributed by atoms with E-state index in [1.54, 1.807) is 42.3 Å². The minimum absolute atomic E-state index is 0.0537. The van der Waals surface area contributed by atoms with Gasteiger partial charge < -0.3 is 19.9 Å². The van der Waals surface area contributed by atoms with Crippen LogP contribution in [-0.4, -0.2) is 82.8 Å². The molecule has 0 bridgehead atoms. The molecule has 0 saturated carbocycles. The first-order valence-corrected chi connectivity index (χ1v) is 9.55. The number of nitrogens with zero attached hydrogens (tertiary/aromatic N) is 5. The number of rotatable bonds is 6. The van der Waals surface area contributed by atoms with Gasteiger partial charge in [0, 0.05) is 51.9 Å². The van der Waals surface area contributed by atoms with E-state index in [9.17, 15) is 9.59 Å². The van der Waals surface area contributed by atoms with E-state index in [1.807, 2.05) is 18.2 Å². The summed E-state index contributed by atoms with van der Waals surface area (Å²) in [6.45, 7) is 6.16.